The number of aryl methyl sites for hydroxylation is 1. The molecule has 0 bridgehead atoms. The van der Waals surface area contributed by atoms with Crippen molar-refractivity contribution in [3.63, 3.8) is 0 Å². The first-order valence-corrected chi connectivity index (χ1v) is 7.38. The van der Waals surface area contributed by atoms with Gasteiger partial charge in [0.2, 0.25) is 0 Å². The maximum atomic E-state index is 12.5. The van der Waals surface area contributed by atoms with E-state index in [-0.39, 0.29) is 12.3 Å². The lowest BCUT2D eigenvalue weighted by atomic mass is 10.1. The van der Waals surface area contributed by atoms with Crippen molar-refractivity contribution in [2.45, 2.75) is 12.8 Å². The van der Waals surface area contributed by atoms with E-state index in [1.54, 1.807) is 42.5 Å². The van der Waals surface area contributed by atoms with E-state index in [2.05, 4.69) is 5.32 Å². The lowest BCUT2D eigenvalue weighted by molar-refractivity contribution is -0.136. The van der Waals surface area contributed by atoms with Gasteiger partial charge in [-0.2, -0.15) is 0 Å². The van der Waals surface area contributed by atoms with Gasteiger partial charge in [-0.15, -0.1) is 0 Å². The smallest absolute Gasteiger partial charge is 0.303 e. The lowest BCUT2D eigenvalue weighted by Gasteiger charge is -2.13. The van der Waals surface area contributed by atoms with Crippen molar-refractivity contribution in [1.29, 1.82) is 0 Å². The number of nitrogens with one attached hydrogen (secondary N) is 1. The van der Waals surface area contributed by atoms with Crippen molar-refractivity contribution < 1.29 is 24.2 Å². The molecule has 0 heterocycles. The summed E-state index contributed by atoms with van der Waals surface area (Å²) in [5.41, 5.74) is 1.81. The summed E-state index contributed by atoms with van der Waals surface area (Å²) in [5, 5.41) is 11.5. The Hall–Kier alpha value is -3.02. The summed E-state index contributed by atoms with van der Waals surface area (Å²) in [7, 11) is 2.98. The van der Waals surface area contributed by atoms with E-state index in [1.165, 1.54) is 14.2 Å². The number of methoxy groups -OCH3 is 2. The first kappa shape index (κ1) is 17.3. The molecule has 2 rings (SSSR count). The minimum absolute atomic E-state index is 0.0735. The van der Waals surface area contributed by atoms with Crippen LogP contribution in [0.4, 0.5) is 5.69 Å². The van der Waals surface area contributed by atoms with Crippen LogP contribution in [0.3, 0.4) is 0 Å². The second kappa shape index (κ2) is 8.01. The van der Waals surface area contributed by atoms with Gasteiger partial charge in [0.25, 0.3) is 5.91 Å². The number of carbonyl (C=O) groups is 2. The molecule has 0 aliphatic rings. The fraction of sp³-hybridized carbons (Fsp3) is 0.222. The highest BCUT2D eigenvalue weighted by Gasteiger charge is 2.18. The Bertz CT molecular complexity index is 702. The third-order valence-electron chi connectivity index (χ3n) is 3.49. The van der Waals surface area contributed by atoms with E-state index in [0.717, 1.165) is 5.56 Å². The zero-order valence-electron chi connectivity index (χ0n) is 13.5. The average molecular weight is 329 g/mol. The number of carboxylic acid groups (broad SMARTS) is 1. The summed E-state index contributed by atoms with van der Waals surface area (Å²) in [6.07, 6.45) is 0.522. The second-order valence-electron chi connectivity index (χ2n) is 5.08. The molecule has 0 radical (unpaired) electrons. The maximum Gasteiger partial charge on any atom is 0.303 e. The minimum atomic E-state index is -0.837. The summed E-state index contributed by atoms with van der Waals surface area (Å²) in [4.78, 5) is 23.1. The molecule has 0 saturated heterocycles. The summed E-state index contributed by atoms with van der Waals surface area (Å²) in [6.45, 7) is 0. The summed E-state index contributed by atoms with van der Waals surface area (Å²) < 4.78 is 10.4. The number of rotatable bonds is 7. The molecule has 6 heteroatoms. The topological polar surface area (TPSA) is 84.9 Å². The third-order valence-corrected chi connectivity index (χ3v) is 3.49. The Morgan fingerprint density at radius 2 is 1.58 bits per heavy atom. The predicted octanol–water partition coefficient (Wildman–Crippen LogP) is 2.97. The molecule has 0 aromatic heterocycles. The standard InChI is InChI=1S/C18H19NO5/c1-23-14-4-3-5-15(24-2)17(14)18(22)19-13-9-6-12(7-10-13)8-11-16(20)21/h3-7,9-10H,8,11H2,1-2H3,(H,19,22)(H,20,21). The molecule has 0 atom stereocenters. The van der Waals surface area contributed by atoms with Gasteiger partial charge in [-0.25, -0.2) is 0 Å². The van der Waals surface area contributed by atoms with Gasteiger partial charge in [-0.05, 0) is 36.2 Å². The normalized spacial score (nSPS) is 10.1. The van der Waals surface area contributed by atoms with Gasteiger partial charge in [0.15, 0.2) is 0 Å². The zero-order valence-corrected chi connectivity index (χ0v) is 13.5. The Morgan fingerprint density at radius 3 is 2.08 bits per heavy atom. The number of benzene rings is 2. The van der Waals surface area contributed by atoms with Crippen LogP contribution in [0.15, 0.2) is 42.5 Å². The molecule has 24 heavy (non-hydrogen) atoms. The van der Waals surface area contributed by atoms with Gasteiger partial charge in [-0.3, -0.25) is 9.59 Å². The number of aliphatic carboxylic acids is 1. The molecule has 0 aliphatic heterocycles. The molecular weight excluding hydrogens is 310 g/mol. The summed E-state index contributed by atoms with van der Waals surface area (Å²) >= 11 is 0. The number of amides is 1. The number of anilines is 1. The molecule has 0 spiro atoms. The van der Waals surface area contributed by atoms with Crippen molar-refractivity contribution >= 4 is 17.6 Å². The summed E-state index contributed by atoms with van der Waals surface area (Å²) in [5.74, 6) is -0.340. The molecule has 2 N–H and O–H groups in total. The number of carbonyl (C=O) groups excluding carboxylic acids is 1. The van der Waals surface area contributed by atoms with Gasteiger partial charge in [0, 0.05) is 12.1 Å². The maximum absolute atomic E-state index is 12.5. The van der Waals surface area contributed by atoms with Crippen LogP contribution in [0.2, 0.25) is 0 Å². The first-order valence-electron chi connectivity index (χ1n) is 7.38. The van der Waals surface area contributed by atoms with E-state index in [4.69, 9.17) is 14.6 Å². The average Bonchev–Trinajstić information content (AvgIpc) is 2.60. The van der Waals surface area contributed by atoms with Crippen LogP contribution >= 0.6 is 0 Å². The number of hydrogen-bond donors (Lipinski definition) is 2. The Labute approximate surface area is 140 Å². The van der Waals surface area contributed by atoms with Gasteiger partial charge in [-0.1, -0.05) is 18.2 Å². The highest BCUT2D eigenvalue weighted by atomic mass is 16.5. The molecule has 2 aromatic rings. The fourth-order valence-electron chi connectivity index (χ4n) is 2.27. The largest absolute Gasteiger partial charge is 0.496 e. The lowest BCUT2D eigenvalue weighted by Crippen LogP contribution is -2.14. The summed E-state index contributed by atoms with van der Waals surface area (Å²) in [6, 6.07) is 12.2. The highest BCUT2D eigenvalue weighted by Crippen LogP contribution is 2.29. The van der Waals surface area contributed by atoms with E-state index < -0.39 is 5.97 Å². The number of ether oxygens (including phenoxy) is 2. The predicted molar refractivity (Wildman–Crippen MR) is 89.9 cm³/mol. The van der Waals surface area contributed by atoms with Crippen molar-refractivity contribution in [2.75, 3.05) is 19.5 Å². The molecule has 0 saturated carbocycles. The third kappa shape index (κ3) is 4.25. The van der Waals surface area contributed by atoms with Crippen molar-refractivity contribution in [3.05, 3.63) is 53.6 Å². The van der Waals surface area contributed by atoms with Crippen molar-refractivity contribution in [2.24, 2.45) is 0 Å². The highest BCUT2D eigenvalue weighted by molar-refractivity contribution is 6.08. The number of carboxylic acids is 1. The van der Waals surface area contributed by atoms with Crippen LogP contribution in [-0.4, -0.2) is 31.2 Å². The molecule has 0 aliphatic carbocycles. The van der Waals surface area contributed by atoms with E-state index in [0.29, 0.717) is 29.2 Å². The Morgan fingerprint density at radius 1 is 1.00 bits per heavy atom. The molecule has 0 unspecified atom stereocenters. The SMILES string of the molecule is COc1cccc(OC)c1C(=O)Nc1ccc(CCC(=O)O)cc1. The molecule has 1 amide bonds. The van der Waals surface area contributed by atoms with Crippen LogP contribution in [0.25, 0.3) is 0 Å². The van der Waals surface area contributed by atoms with Gasteiger partial charge < -0.3 is 19.9 Å². The fourth-order valence-corrected chi connectivity index (χ4v) is 2.27. The van der Waals surface area contributed by atoms with Crippen LogP contribution in [-0.2, 0) is 11.2 Å². The van der Waals surface area contributed by atoms with Crippen LogP contribution < -0.4 is 14.8 Å². The minimum Gasteiger partial charge on any atom is -0.496 e. The molecular formula is C18H19NO5. The molecule has 2 aromatic carbocycles. The molecule has 0 fully saturated rings. The Balaban J connectivity index is 2.14. The van der Waals surface area contributed by atoms with Gasteiger partial charge >= 0.3 is 5.97 Å². The molecule has 6 nitrogen and oxygen atoms in total. The van der Waals surface area contributed by atoms with Crippen molar-refractivity contribution in [1.82, 2.24) is 0 Å². The van der Waals surface area contributed by atoms with Crippen LogP contribution in [0.1, 0.15) is 22.3 Å². The van der Waals surface area contributed by atoms with E-state index in [9.17, 15) is 9.59 Å². The van der Waals surface area contributed by atoms with Crippen molar-refractivity contribution in [3.8, 4) is 11.5 Å². The molecule has 126 valence electrons. The first-order chi connectivity index (χ1) is 11.5. The van der Waals surface area contributed by atoms with E-state index in [1.807, 2.05) is 0 Å². The van der Waals surface area contributed by atoms with Crippen LogP contribution in [0, 0.1) is 0 Å². The zero-order chi connectivity index (χ0) is 17.5. The van der Waals surface area contributed by atoms with Crippen LogP contribution in [0.5, 0.6) is 11.5 Å². The second-order valence-corrected chi connectivity index (χ2v) is 5.08. The Kier molecular flexibility index (Phi) is 5.78. The quantitative estimate of drug-likeness (QED) is 0.816. The van der Waals surface area contributed by atoms with Gasteiger partial charge in [0.1, 0.15) is 17.1 Å². The van der Waals surface area contributed by atoms with Gasteiger partial charge in [0.05, 0.1) is 14.2 Å². The monoisotopic (exact) mass is 329 g/mol. The van der Waals surface area contributed by atoms with E-state index >= 15 is 0 Å². The number of hydrogen-bond acceptors (Lipinski definition) is 4.